The fourth-order valence-corrected chi connectivity index (χ4v) is 4.63. The van der Waals surface area contributed by atoms with Crippen molar-refractivity contribution >= 4 is 19.9 Å². The van der Waals surface area contributed by atoms with E-state index < -0.39 is 86.9 Å². The van der Waals surface area contributed by atoms with Gasteiger partial charge in [0.05, 0.1) is 12.2 Å². The monoisotopic (exact) mass is 572 g/mol. The van der Waals surface area contributed by atoms with E-state index in [0.717, 1.165) is 19.2 Å². The van der Waals surface area contributed by atoms with Crippen LogP contribution in [0, 0.1) is 0 Å². The number of alkyl halides is 1. The number of hydrogen-bond donors (Lipinski definition) is 3. The summed E-state index contributed by atoms with van der Waals surface area (Å²) in [6.07, 6.45) is -8.54. The molecule has 0 radical (unpaired) electrons. The zero-order valence-corrected chi connectivity index (χ0v) is 22.0. The molecule has 1 aliphatic heterocycles. The molecule has 216 valence electrons. The fourth-order valence-electron chi connectivity index (χ4n) is 3.17. The number of aromatic amines is 1. The first-order valence-electron chi connectivity index (χ1n) is 11.1. The van der Waals surface area contributed by atoms with Gasteiger partial charge in [-0.1, -0.05) is 0 Å². The Morgan fingerprint density at radius 3 is 2.08 bits per heavy atom. The van der Waals surface area contributed by atoms with E-state index in [2.05, 4.69) is 9.47 Å². The van der Waals surface area contributed by atoms with E-state index in [1.807, 2.05) is 4.98 Å². The number of carbonyl (C=O) groups is 2. The van der Waals surface area contributed by atoms with Crippen molar-refractivity contribution in [2.24, 2.45) is 0 Å². The first kappa shape index (κ1) is 31.4. The van der Waals surface area contributed by atoms with Crippen molar-refractivity contribution in [3.63, 3.8) is 0 Å². The molecule has 2 rings (SSSR count). The highest BCUT2D eigenvalue weighted by Crippen LogP contribution is 2.56. The minimum absolute atomic E-state index is 0.572. The number of carbonyl (C=O) groups excluding carboxylic acids is 2. The number of nitrogens with zero attached hydrogens (tertiary/aromatic N) is 1. The molecule has 3 N–H and O–H groups in total. The summed E-state index contributed by atoms with van der Waals surface area (Å²) >= 11 is 0. The molecule has 0 unspecified atom stereocenters. The van der Waals surface area contributed by atoms with Crippen LogP contribution in [0.1, 0.15) is 40.8 Å². The van der Waals surface area contributed by atoms with Crippen LogP contribution in [0.2, 0.25) is 0 Å². The number of ether oxygens (including phenoxy) is 5. The Kier molecular flexibility index (Phi) is 10.2. The summed E-state index contributed by atoms with van der Waals surface area (Å²) < 4.78 is 63.4. The molecule has 4 atom stereocenters. The molecule has 1 aromatic heterocycles. The third-order valence-electron chi connectivity index (χ3n) is 4.80. The molecule has 0 saturated carbocycles. The van der Waals surface area contributed by atoms with Crippen molar-refractivity contribution in [2.75, 3.05) is 19.7 Å². The lowest BCUT2D eigenvalue weighted by Gasteiger charge is -2.29. The molecular weight excluding hydrogens is 542 g/mol. The van der Waals surface area contributed by atoms with Crippen LogP contribution in [-0.4, -0.2) is 81.6 Å². The number of halogens is 1. The first-order valence-corrected chi connectivity index (χ1v) is 12.9. The van der Waals surface area contributed by atoms with Crippen molar-refractivity contribution in [1.82, 2.24) is 9.55 Å². The minimum atomic E-state index is -4.83. The third kappa shape index (κ3) is 8.09. The highest BCUT2D eigenvalue weighted by atomic mass is 31.2. The molecule has 0 bridgehead atoms. The average Bonchev–Trinajstić information content (AvgIpc) is 2.92. The van der Waals surface area contributed by atoms with Gasteiger partial charge in [-0.3, -0.25) is 28.0 Å². The molecule has 1 aromatic rings. The van der Waals surface area contributed by atoms with Gasteiger partial charge in [0.1, 0.15) is 17.9 Å². The van der Waals surface area contributed by atoms with Crippen LogP contribution in [0.4, 0.5) is 14.0 Å². The van der Waals surface area contributed by atoms with Gasteiger partial charge in [0.25, 0.3) is 11.4 Å². The Balaban J connectivity index is 2.26. The van der Waals surface area contributed by atoms with Crippen molar-refractivity contribution in [3.8, 4) is 0 Å². The lowest BCUT2D eigenvalue weighted by Crippen LogP contribution is -2.49. The van der Waals surface area contributed by atoms with Crippen LogP contribution in [0.3, 0.4) is 0 Å². The summed E-state index contributed by atoms with van der Waals surface area (Å²) in [4.78, 5) is 48.6. The summed E-state index contributed by atoms with van der Waals surface area (Å²) in [6, 6.07) is 0.879. The second-order valence-electron chi connectivity index (χ2n) is 8.79. The number of aromatic nitrogens is 2. The lowest BCUT2D eigenvalue weighted by atomic mass is 9.96. The molecule has 0 spiro atoms. The van der Waals surface area contributed by atoms with E-state index in [1.54, 1.807) is 0 Å². The van der Waals surface area contributed by atoms with Crippen molar-refractivity contribution < 1.29 is 61.5 Å². The van der Waals surface area contributed by atoms with Crippen LogP contribution >= 0.6 is 7.60 Å². The number of rotatable bonds is 11. The molecular formula is C20H30FN2O14P. The third-order valence-corrected chi connectivity index (χ3v) is 6.61. The van der Waals surface area contributed by atoms with Crippen LogP contribution in [0.25, 0.3) is 0 Å². The van der Waals surface area contributed by atoms with E-state index in [-0.39, 0.29) is 0 Å². The quantitative estimate of drug-likeness (QED) is 0.193. The van der Waals surface area contributed by atoms with Crippen molar-refractivity contribution in [2.45, 2.75) is 70.6 Å². The maximum atomic E-state index is 15.9. The number of H-pyrrole nitrogens is 1. The van der Waals surface area contributed by atoms with Crippen molar-refractivity contribution in [3.05, 3.63) is 33.1 Å². The molecule has 2 heterocycles. The molecule has 1 aliphatic rings. The number of hydrogen-bond acceptors (Lipinski definition) is 14. The van der Waals surface area contributed by atoms with E-state index in [4.69, 9.17) is 23.3 Å². The van der Waals surface area contributed by atoms with Gasteiger partial charge in [0.15, 0.2) is 6.23 Å². The summed E-state index contributed by atoms with van der Waals surface area (Å²) in [6.45, 7) is 4.81. The van der Waals surface area contributed by atoms with Crippen LogP contribution in [0.5, 0.6) is 0 Å². The SMILES string of the molecule is CC(C)OC(=O)OCOP(=O)(C[C@@]1(F)O[C@@H](n2ccc(=O)[nH]c2=O)[C@](C)(O)[C@@H]1O)OCOC(=O)OC(C)C. The van der Waals surface area contributed by atoms with Gasteiger partial charge in [-0.25, -0.2) is 18.8 Å². The molecule has 0 aliphatic carbocycles. The first-order chi connectivity index (χ1) is 17.5. The predicted octanol–water partition coefficient (Wildman–Crippen LogP) is 1.11. The zero-order chi connectivity index (χ0) is 28.9. The van der Waals surface area contributed by atoms with Crippen LogP contribution in [-0.2, 0) is 37.3 Å². The van der Waals surface area contributed by atoms with Gasteiger partial charge in [-0.05, 0) is 34.6 Å². The normalized spacial score (nSPS) is 25.4. The highest BCUT2D eigenvalue weighted by molar-refractivity contribution is 7.53. The van der Waals surface area contributed by atoms with Gasteiger partial charge >= 0.3 is 25.6 Å². The molecule has 1 fully saturated rings. The molecule has 18 heteroatoms. The Labute approximate surface area is 215 Å². The molecule has 38 heavy (non-hydrogen) atoms. The topological polar surface area (TPSA) is 211 Å². The van der Waals surface area contributed by atoms with Gasteiger partial charge in [-0.2, -0.15) is 0 Å². The zero-order valence-electron chi connectivity index (χ0n) is 21.2. The summed E-state index contributed by atoms with van der Waals surface area (Å²) in [5.41, 5.74) is -4.42. The lowest BCUT2D eigenvalue weighted by molar-refractivity contribution is -0.175. The molecule has 0 aromatic carbocycles. The maximum Gasteiger partial charge on any atom is 0.510 e. The maximum absolute atomic E-state index is 15.9. The van der Waals surface area contributed by atoms with Crippen LogP contribution in [0.15, 0.2) is 21.9 Å². The van der Waals surface area contributed by atoms with E-state index >= 15 is 4.39 Å². The standard InChI is InChI=1S/C20H30FN2O14P/c1-11(2)35-17(27)31-9-33-38(30,34-10-32-18(28)36-12(3)4)8-20(21)14(25)19(5,29)15(37-20)23-7-6-13(24)22-16(23)26/h6-7,11-12,14-15,25,29H,8-10H2,1-5H3,(H,22,24,26)/t14-,15+,19+,20+/m0/s1. The Bertz CT molecular complexity index is 1120. The van der Waals surface area contributed by atoms with Gasteiger partial charge in [0.2, 0.25) is 13.6 Å². The van der Waals surface area contributed by atoms with E-state index in [0.29, 0.717) is 4.57 Å². The van der Waals surface area contributed by atoms with E-state index in [1.165, 1.54) is 27.7 Å². The minimum Gasteiger partial charge on any atom is -0.432 e. The molecule has 0 amide bonds. The molecule has 16 nitrogen and oxygen atoms in total. The average molecular weight is 572 g/mol. The number of aliphatic hydroxyl groups is 2. The number of aliphatic hydroxyl groups excluding tert-OH is 1. The largest absolute Gasteiger partial charge is 0.510 e. The second kappa shape index (κ2) is 12.4. The Morgan fingerprint density at radius 1 is 1.13 bits per heavy atom. The van der Waals surface area contributed by atoms with Gasteiger partial charge < -0.3 is 33.9 Å². The van der Waals surface area contributed by atoms with Crippen LogP contribution < -0.4 is 11.2 Å². The van der Waals surface area contributed by atoms with Crippen molar-refractivity contribution in [1.29, 1.82) is 0 Å². The highest BCUT2D eigenvalue weighted by Gasteiger charge is 2.65. The van der Waals surface area contributed by atoms with Gasteiger partial charge in [0, 0.05) is 12.3 Å². The summed E-state index contributed by atoms with van der Waals surface area (Å²) in [5, 5.41) is 21.3. The summed E-state index contributed by atoms with van der Waals surface area (Å²) in [5.74, 6) is -3.41. The predicted molar refractivity (Wildman–Crippen MR) is 122 cm³/mol. The summed E-state index contributed by atoms with van der Waals surface area (Å²) in [7, 11) is -4.83. The van der Waals surface area contributed by atoms with E-state index in [9.17, 15) is 34.0 Å². The fraction of sp³-hybridized carbons (Fsp3) is 0.700. The smallest absolute Gasteiger partial charge is 0.432 e. The van der Waals surface area contributed by atoms with Gasteiger partial charge in [-0.15, -0.1) is 0 Å². The molecule has 1 saturated heterocycles. The second-order valence-corrected chi connectivity index (χ2v) is 10.8. The number of nitrogens with one attached hydrogen (secondary N) is 1. The Hall–Kier alpha value is -2.82. The Morgan fingerprint density at radius 2 is 1.63 bits per heavy atom.